The van der Waals surface area contributed by atoms with E-state index >= 15 is 0 Å². The van der Waals surface area contributed by atoms with Gasteiger partial charge in [0.25, 0.3) is 6.47 Å². The Morgan fingerprint density at radius 3 is 2.62 bits per heavy atom. The zero-order valence-electron chi connectivity index (χ0n) is 16.9. The van der Waals surface area contributed by atoms with E-state index in [2.05, 4.69) is 5.32 Å². The van der Waals surface area contributed by atoms with Gasteiger partial charge in [-0.1, -0.05) is 56.3 Å². The van der Waals surface area contributed by atoms with Crippen molar-refractivity contribution in [3.63, 3.8) is 0 Å². The number of nitrogens with zero attached hydrogens (tertiary/aromatic N) is 1. The molecule has 0 saturated carbocycles. The van der Waals surface area contributed by atoms with Gasteiger partial charge in [-0.2, -0.15) is 0 Å². The summed E-state index contributed by atoms with van der Waals surface area (Å²) >= 11 is 0. The SMILES string of the molecule is CCC(C)C(=O)N1Cc2ccccc2/C(N)=C(/NCCOC=O)c2ccccc21. The fourth-order valence-electron chi connectivity index (χ4n) is 3.49. The Morgan fingerprint density at radius 2 is 1.90 bits per heavy atom. The lowest BCUT2D eigenvalue weighted by Gasteiger charge is -2.32. The molecule has 0 bridgehead atoms. The summed E-state index contributed by atoms with van der Waals surface area (Å²) in [5, 5.41) is 3.31. The van der Waals surface area contributed by atoms with Crippen LogP contribution in [0.5, 0.6) is 0 Å². The average molecular weight is 393 g/mol. The van der Waals surface area contributed by atoms with Crippen LogP contribution in [0.15, 0.2) is 48.5 Å². The van der Waals surface area contributed by atoms with Gasteiger partial charge < -0.3 is 20.7 Å². The number of fused-ring (bicyclic) bond motifs is 2. The van der Waals surface area contributed by atoms with Gasteiger partial charge in [0.05, 0.1) is 23.6 Å². The number of rotatable bonds is 7. The van der Waals surface area contributed by atoms with Crippen molar-refractivity contribution in [3.8, 4) is 0 Å². The summed E-state index contributed by atoms with van der Waals surface area (Å²) in [4.78, 5) is 25.6. The van der Waals surface area contributed by atoms with Gasteiger partial charge in [-0.15, -0.1) is 0 Å². The molecule has 3 N–H and O–H groups in total. The predicted molar refractivity (Wildman–Crippen MR) is 115 cm³/mol. The van der Waals surface area contributed by atoms with Crippen LogP contribution in [0.2, 0.25) is 0 Å². The third-order valence-electron chi connectivity index (χ3n) is 5.26. The van der Waals surface area contributed by atoms with Crippen molar-refractivity contribution in [2.24, 2.45) is 11.7 Å². The van der Waals surface area contributed by atoms with Crippen molar-refractivity contribution in [3.05, 3.63) is 65.2 Å². The van der Waals surface area contributed by atoms with Gasteiger partial charge in [-0.25, -0.2) is 0 Å². The van der Waals surface area contributed by atoms with Crippen LogP contribution in [0.25, 0.3) is 11.4 Å². The Morgan fingerprint density at radius 1 is 1.21 bits per heavy atom. The predicted octanol–water partition coefficient (Wildman–Crippen LogP) is 3.13. The normalized spacial score (nSPS) is 16.7. The monoisotopic (exact) mass is 393 g/mol. The Labute approximate surface area is 171 Å². The number of ether oxygens (including phenoxy) is 1. The van der Waals surface area contributed by atoms with E-state index in [1.54, 1.807) is 0 Å². The molecule has 1 unspecified atom stereocenters. The minimum absolute atomic E-state index is 0.0823. The molecule has 0 fully saturated rings. The third kappa shape index (κ3) is 4.26. The van der Waals surface area contributed by atoms with Crippen LogP contribution in [-0.2, 0) is 20.9 Å². The van der Waals surface area contributed by atoms with E-state index in [4.69, 9.17) is 10.5 Å². The molecule has 0 aliphatic carbocycles. The van der Waals surface area contributed by atoms with Gasteiger partial charge in [0.15, 0.2) is 0 Å². The molecule has 0 saturated heterocycles. The standard InChI is InChI=1S/C23H27N3O3/c1-3-16(2)23(28)26-14-17-8-4-5-9-18(17)21(24)22(25-12-13-29-15-27)19-10-6-7-11-20(19)26/h4-11,15-16,25H,3,12-14,24H2,1-2H3/b22-21-. The van der Waals surface area contributed by atoms with Crippen LogP contribution in [0, 0.1) is 5.92 Å². The molecule has 2 aromatic carbocycles. The second-order valence-electron chi connectivity index (χ2n) is 7.09. The van der Waals surface area contributed by atoms with E-state index in [0.717, 1.165) is 34.5 Å². The van der Waals surface area contributed by atoms with Crippen molar-refractivity contribution in [2.75, 3.05) is 18.1 Å². The maximum atomic E-state index is 13.3. The van der Waals surface area contributed by atoms with Crippen LogP contribution in [-0.4, -0.2) is 25.5 Å². The molecule has 1 aliphatic heterocycles. The number of para-hydroxylation sites is 1. The molecule has 0 radical (unpaired) electrons. The number of carbonyl (C=O) groups is 2. The largest absolute Gasteiger partial charge is 0.466 e. The van der Waals surface area contributed by atoms with Gasteiger partial charge in [-0.05, 0) is 18.1 Å². The third-order valence-corrected chi connectivity index (χ3v) is 5.26. The average Bonchev–Trinajstić information content (AvgIpc) is 2.75. The number of nitrogens with two attached hydrogens (primary N) is 1. The smallest absolute Gasteiger partial charge is 0.293 e. The fraction of sp³-hybridized carbons (Fsp3) is 0.304. The number of hydrogen-bond acceptors (Lipinski definition) is 5. The summed E-state index contributed by atoms with van der Waals surface area (Å²) in [5.74, 6) is -0.00719. The van der Waals surface area contributed by atoms with E-state index in [0.29, 0.717) is 25.3 Å². The highest BCUT2D eigenvalue weighted by Gasteiger charge is 2.28. The summed E-state index contributed by atoms with van der Waals surface area (Å²) < 4.78 is 4.81. The number of hydrogen-bond donors (Lipinski definition) is 2. The van der Waals surface area contributed by atoms with E-state index in [1.165, 1.54) is 0 Å². The first-order valence-electron chi connectivity index (χ1n) is 9.86. The van der Waals surface area contributed by atoms with Crippen LogP contribution in [0.1, 0.15) is 37.0 Å². The highest BCUT2D eigenvalue weighted by atomic mass is 16.5. The Hall–Kier alpha value is -3.28. The van der Waals surface area contributed by atoms with Crippen LogP contribution < -0.4 is 16.0 Å². The molecule has 2 aromatic rings. The number of nitrogens with one attached hydrogen (secondary N) is 1. The van der Waals surface area contributed by atoms with Gasteiger partial charge in [0, 0.05) is 23.6 Å². The summed E-state index contributed by atoms with van der Waals surface area (Å²) in [7, 11) is 0. The molecule has 1 aliphatic rings. The zero-order chi connectivity index (χ0) is 20.8. The second kappa shape index (κ2) is 9.28. The number of benzene rings is 2. The summed E-state index contributed by atoms with van der Waals surface area (Å²) in [6.07, 6.45) is 0.769. The topological polar surface area (TPSA) is 84.7 Å². The van der Waals surface area contributed by atoms with Crippen LogP contribution >= 0.6 is 0 Å². The van der Waals surface area contributed by atoms with Gasteiger partial charge in [0.1, 0.15) is 6.61 Å². The highest BCUT2D eigenvalue weighted by Crippen LogP contribution is 2.35. The molecule has 1 atom stereocenters. The molecule has 6 heteroatoms. The van der Waals surface area contributed by atoms with Crippen molar-refractivity contribution in [1.82, 2.24) is 5.32 Å². The van der Waals surface area contributed by atoms with E-state index in [1.807, 2.05) is 67.3 Å². The molecule has 29 heavy (non-hydrogen) atoms. The minimum atomic E-state index is -0.0895. The quantitative estimate of drug-likeness (QED) is 0.558. The molecule has 1 amide bonds. The first-order chi connectivity index (χ1) is 14.1. The van der Waals surface area contributed by atoms with Gasteiger partial charge in [0.2, 0.25) is 5.91 Å². The lowest BCUT2D eigenvalue weighted by molar-refractivity contribution is -0.128. The zero-order valence-corrected chi connectivity index (χ0v) is 16.9. The van der Waals surface area contributed by atoms with Gasteiger partial charge >= 0.3 is 0 Å². The Balaban J connectivity index is 2.16. The first-order valence-corrected chi connectivity index (χ1v) is 9.86. The second-order valence-corrected chi connectivity index (χ2v) is 7.09. The molecule has 3 rings (SSSR count). The molecular weight excluding hydrogens is 366 g/mol. The van der Waals surface area contributed by atoms with Crippen molar-refractivity contribution < 1.29 is 14.3 Å². The molecule has 1 heterocycles. The van der Waals surface area contributed by atoms with Crippen molar-refractivity contribution >= 4 is 29.5 Å². The van der Waals surface area contributed by atoms with E-state index in [9.17, 15) is 9.59 Å². The summed E-state index contributed by atoms with van der Waals surface area (Å²) in [6.45, 7) is 5.48. The van der Waals surface area contributed by atoms with E-state index in [-0.39, 0.29) is 18.4 Å². The summed E-state index contributed by atoms with van der Waals surface area (Å²) in [5.41, 5.74) is 11.5. The Bertz CT molecular complexity index is 923. The van der Waals surface area contributed by atoms with E-state index < -0.39 is 0 Å². The lowest BCUT2D eigenvalue weighted by Crippen LogP contribution is -2.37. The van der Waals surface area contributed by atoms with Crippen molar-refractivity contribution in [2.45, 2.75) is 26.8 Å². The number of carbonyl (C=O) groups excluding carboxylic acids is 2. The highest BCUT2D eigenvalue weighted by molar-refractivity contribution is 6.01. The number of anilines is 1. The van der Waals surface area contributed by atoms with Gasteiger partial charge in [-0.3, -0.25) is 9.59 Å². The molecule has 6 nitrogen and oxygen atoms in total. The maximum absolute atomic E-state index is 13.3. The first kappa shape index (κ1) is 20.5. The Kier molecular flexibility index (Phi) is 6.54. The summed E-state index contributed by atoms with van der Waals surface area (Å²) in [6, 6.07) is 15.6. The minimum Gasteiger partial charge on any atom is -0.466 e. The molecule has 0 spiro atoms. The molecular formula is C23H27N3O3. The molecule has 0 aromatic heterocycles. The van der Waals surface area contributed by atoms with Crippen LogP contribution in [0.3, 0.4) is 0 Å². The number of amides is 1. The lowest BCUT2D eigenvalue weighted by atomic mass is 9.95. The maximum Gasteiger partial charge on any atom is 0.293 e. The fourth-order valence-corrected chi connectivity index (χ4v) is 3.49. The van der Waals surface area contributed by atoms with Crippen molar-refractivity contribution in [1.29, 1.82) is 0 Å². The van der Waals surface area contributed by atoms with Crippen LogP contribution in [0.4, 0.5) is 5.69 Å². The molecule has 152 valence electrons.